The lowest BCUT2D eigenvalue weighted by Gasteiger charge is -2.26. The van der Waals surface area contributed by atoms with E-state index < -0.39 is 5.91 Å². The number of amides is 2. The standard InChI is InChI=1S/C22H19Cl2N5O3/c1-12(26-21(30)18-14(23)3-2-4-15(18)24)19(25)20-27-16-6-5-13(11-17(16)28-20)22(31)29-7-9-32-10-8-29/h2-6,11,25H,1,7-10H2,(H,26,30)(H,27,28). The van der Waals surface area contributed by atoms with E-state index in [0.29, 0.717) is 42.9 Å². The molecular formula is C22H19Cl2N5O3. The van der Waals surface area contributed by atoms with Gasteiger partial charge in [0.05, 0.1) is 45.6 Å². The number of nitrogens with one attached hydrogen (secondary N) is 3. The Bertz CT molecular complexity index is 1230. The van der Waals surface area contributed by atoms with Crippen LogP contribution in [0.15, 0.2) is 48.7 Å². The van der Waals surface area contributed by atoms with Crippen LogP contribution in [-0.2, 0) is 4.74 Å². The van der Waals surface area contributed by atoms with Crippen LogP contribution in [0.25, 0.3) is 11.0 Å². The summed E-state index contributed by atoms with van der Waals surface area (Å²) < 4.78 is 5.29. The molecule has 3 N–H and O–H groups in total. The topological polar surface area (TPSA) is 111 Å². The average molecular weight is 472 g/mol. The van der Waals surface area contributed by atoms with Crippen molar-refractivity contribution in [1.82, 2.24) is 20.2 Å². The van der Waals surface area contributed by atoms with Gasteiger partial charge in [0.2, 0.25) is 0 Å². The molecule has 0 saturated carbocycles. The van der Waals surface area contributed by atoms with E-state index >= 15 is 0 Å². The first-order valence-electron chi connectivity index (χ1n) is 9.75. The summed E-state index contributed by atoms with van der Waals surface area (Å²) in [6, 6.07) is 9.84. The van der Waals surface area contributed by atoms with Crippen LogP contribution in [0.2, 0.25) is 10.0 Å². The van der Waals surface area contributed by atoms with Gasteiger partial charge in [-0.2, -0.15) is 0 Å². The second-order valence-corrected chi connectivity index (χ2v) is 7.94. The molecule has 2 aromatic carbocycles. The van der Waals surface area contributed by atoms with Gasteiger partial charge in [0.15, 0.2) is 5.82 Å². The van der Waals surface area contributed by atoms with Crippen molar-refractivity contribution >= 4 is 51.8 Å². The molecule has 164 valence electrons. The van der Waals surface area contributed by atoms with E-state index in [0.717, 1.165) is 0 Å². The maximum Gasteiger partial charge on any atom is 0.258 e. The lowest BCUT2D eigenvalue weighted by molar-refractivity contribution is 0.0303. The van der Waals surface area contributed by atoms with Crippen LogP contribution in [0.5, 0.6) is 0 Å². The summed E-state index contributed by atoms with van der Waals surface area (Å²) in [5, 5.41) is 11.3. The van der Waals surface area contributed by atoms with Crippen molar-refractivity contribution < 1.29 is 14.3 Å². The number of benzene rings is 2. The number of morpholine rings is 1. The number of imidazole rings is 1. The number of hydrogen-bond acceptors (Lipinski definition) is 5. The summed E-state index contributed by atoms with van der Waals surface area (Å²) in [6.45, 7) is 5.88. The smallest absolute Gasteiger partial charge is 0.258 e. The summed E-state index contributed by atoms with van der Waals surface area (Å²) in [6.07, 6.45) is 0. The predicted octanol–water partition coefficient (Wildman–Crippen LogP) is 3.65. The number of aromatic nitrogens is 2. The molecule has 32 heavy (non-hydrogen) atoms. The Balaban J connectivity index is 1.51. The Morgan fingerprint density at radius 1 is 1.16 bits per heavy atom. The van der Waals surface area contributed by atoms with Crippen LogP contribution in [0, 0.1) is 5.41 Å². The summed E-state index contributed by atoms with van der Waals surface area (Å²) in [7, 11) is 0. The third-order valence-corrected chi connectivity index (χ3v) is 5.65. The first kappa shape index (κ1) is 22.0. The van der Waals surface area contributed by atoms with Gasteiger partial charge in [-0.05, 0) is 30.3 Å². The van der Waals surface area contributed by atoms with E-state index in [1.165, 1.54) is 0 Å². The van der Waals surface area contributed by atoms with Crippen LogP contribution in [-0.4, -0.2) is 58.7 Å². The monoisotopic (exact) mass is 471 g/mol. The van der Waals surface area contributed by atoms with Crippen molar-refractivity contribution in [3.8, 4) is 0 Å². The van der Waals surface area contributed by atoms with Crippen LogP contribution in [0.4, 0.5) is 0 Å². The number of carbonyl (C=O) groups excluding carboxylic acids is 2. The molecule has 2 heterocycles. The summed E-state index contributed by atoms with van der Waals surface area (Å²) >= 11 is 12.1. The number of fused-ring (bicyclic) bond motifs is 1. The van der Waals surface area contributed by atoms with E-state index in [9.17, 15) is 9.59 Å². The highest BCUT2D eigenvalue weighted by molar-refractivity contribution is 6.39. The fourth-order valence-corrected chi connectivity index (χ4v) is 3.90. The number of ether oxygens (including phenoxy) is 1. The molecule has 8 nitrogen and oxygen atoms in total. The third kappa shape index (κ3) is 4.38. The van der Waals surface area contributed by atoms with Gasteiger partial charge in [0.25, 0.3) is 11.8 Å². The molecule has 0 aliphatic carbocycles. The molecule has 0 unspecified atom stereocenters. The van der Waals surface area contributed by atoms with E-state index in [4.69, 9.17) is 33.3 Å². The minimum absolute atomic E-state index is 0.0228. The zero-order valence-electron chi connectivity index (χ0n) is 16.9. The Labute approximate surface area is 193 Å². The first-order valence-corrected chi connectivity index (χ1v) is 10.5. The molecule has 0 spiro atoms. The number of aromatic amines is 1. The Morgan fingerprint density at radius 2 is 1.84 bits per heavy atom. The lowest BCUT2D eigenvalue weighted by atomic mass is 10.1. The van der Waals surface area contributed by atoms with Crippen LogP contribution < -0.4 is 5.32 Å². The quantitative estimate of drug-likeness (QED) is 0.493. The van der Waals surface area contributed by atoms with Gasteiger partial charge in [-0.3, -0.25) is 15.0 Å². The molecule has 4 rings (SSSR count). The molecule has 1 aromatic heterocycles. The normalized spacial score (nSPS) is 13.8. The molecule has 0 radical (unpaired) electrons. The fourth-order valence-electron chi connectivity index (χ4n) is 3.33. The maximum atomic E-state index is 12.7. The van der Waals surface area contributed by atoms with Gasteiger partial charge in [0.1, 0.15) is 5.71 Å². The zero-order chi connectivity index (χ0) is 22.8. The number of halogens is 2. The van der Waals surface area contributed by atoms with Crippen molar-refractivity contribution in [2.45, 2.75) is 0 Å². The average Bonchev–Trinajstić information content (AvgIpc) is 3.21. The second-order valence-electron chi connectivity index (χ2n) is 7.13. The Kier molecular flexibility index (Phi) is 6.27. The van der Waals surface area contributed by atoms with Gasteiger partial charge in [-0.15, -0.1) is 0 Å². The van der Waals surface area contributed by atoms with Gasteiger partial charge in [-0.25, -0.2) is 4.98 Å². The minimum Gasteiger partial charge on any atom is -0.378 e. The van der Waals surface area contributed by atoms with Crippen LogP contribution in [0.1, 0.15) is 26.5 Å². The molecule has 1 fully saturated rings. The molecule has 0 bridgehead atoms. The van der Waals surface area contributed by atoms with Gasteiger partial charge < -0.3 is 19.9 Å². The molecule has 2 amide bonds. The Hall–Kier alpha value is -3.20. The number of allylic oxidation sites excluding steroid dienone is 1. The van der Waals surface area contributed by atoms with Gasteiger partial charge in [-0.1, -0.05) is 35.8 Å². The minimum atomic E-state index is -0.579. The van der Waals surface area contributed by atoms with Crippen molar-refractivity contribution in [2.75, 3.05) is 26.3 Å². The van der Waals surface area contributed by atoms with Gasteiger partial charge >= 0.3 is 0 Å². The summed E-state index contributed by atoms with van der Waals surface area (Å²) in [4.78, 5) is 34.4. The summed E-state index contributed by atoms with van der Waals surface area (Å²) in [5.74, 6) is -0.473. The third-order valence-electron chi connectivity index (χ3n) is 5.02. The van der Waals surface area contributed by atoms with Crippen molar-refractivity contribution in [3.05, 3.63) is 75.7 Å². The second kappa shape index (κ2) is 9.12. The molecule has 10 heteroatoms. The van der Waals surface area contributed by atoms with Crippen molar-refractivity contribution in [3.63, 3.8) is 0 Å². The van der Waals surface area contributed by atoms with Crippen molar-refractivity contribution in [2.24, 2.45) is 0 Å². The fraction of sp³-hybridized carbons (Fsp3) is 0.182. The maximum absolute atomic E-state index is 12.7. The van der Waals surface area contributed by atoms with Crippen LogP contribution >= 0.6 is 23.2 Å². The van der Waals surface area contributed by atoms with Crippen LogP contribution in [0.3, 0.4) is 0 Å². The lowest BCUT2D eigenvalue weighted by Crippen LogP contribution is -2.40. The highest BCUT2D eigenvalue weighted by Gasteiger charge is 2.21. The molecule has 1 aliphatic heterocycles. The molecule has 0 atom stereocenters. The molecule has 1 saturated heterocycles. The highest BCUT2D eigenvalue weighted by atomic mass is 35.5. The van der Waals surface area contributed by atoms with Crippen molar-refractivity contribution in [1.29, 1.82) is 5.41 Å². The van der Waals surface area contributed by atoms with E-state index in [2.05, 4.69) is 21.9 Å². The number of hydrogen-bond donors (Lipinski definition) is 3. The molecular weight excluding hydrogens is 453 g/mol. The number of carbonyl (C=O) groups is 2. The predicted molar refractivity (Wildman–Crippen MR) is 123 cm³/mol. The molecule has 1 aliphatic rings. The first-order chi connectivity index (χ1) is 15.3. The Morgan fingerprint density at radius 3 is 2.53 bits per heavy atom. The summed E-state index contributed by atoms with van der Waals surface area (Å²) in [5.41, 5.74) is 1.69. The van der Waals surface area contributed by atoms with E-state index in [1.807, 2.05) is 0 Å². The number of rotatable bonds is 5. The van der Waals surface area contributed by atoms with Gasteiger partial charge in [0, 0.05) is 18.7 Å². The largest absolute Gasteiger partial charge is 0.378 e. The number of H-pyrrole nitrogens is 1. The molecule has 3 aromatic rings. The highest BCUT2D eigenvalue weighted by Crippen LogP contribution is 2.24. The number of nitrogens with zero attached hydrogens (tertiary/aromatic N) is 2. The zero-order valence-corrected chi connectivity index (χ0v) is 18.4. The SMILES string of the molecule is C=C(NC(=O)c1c(Cl)cccc1Cl)C(=N)c1nc2cc(C(=O)N3CCOCC3)ccc2[nH]1. The van der Waals surface area contributed by atoms with E-state index in [1.54, 1.807) is 41.3 Å². The van der Waals surface area contributed by atoms with E-state index in [-0.39, 0.29) is 38.7 Å².